The Hall–Kier alpha value is -1.36. The first-order valence-corrected chi connectivity index (χ1v) is 5.97. The van der Waals surface area contributed by atoms with Crippen LogP contribution in [0.2, 0.25) is 0 Å². The Labute approximate surface area is 103 Å². The van der Waals surface area contributed by atoms with Gasteiger partial charge in [0.2, 0.25) is 5.88 Å². The summed E-state index contributed by atoms with van der Waals surface area (Å²) < 4.78 is 5.45. The van der Waals surface area contributed by atoms with Crippen molar-refractivity contribution in [2.75, 3.05) is 25.1 Å². The van der Waals surface area contributed by atoms with Crippen LogP contribution >= 0.6 is 0 Å². The van der Waals surface area contributed by atoms with Gasteiger partial charge < -0.3 is 15.4 Å². The van der Waals surface area contributed by atoms with Gasteiger partial charge in [-0.3, -0.25) is 0 Å². The summed E-state index contributed by atoms with van der Waals surface area (Å²) >= 11 is 0. The summed E-state index contributed by atoms with van der Waals surface area (Å²) in [7, 11) is 2.01. The number of aromatic nitrogens is 2. The molecule has 5 nitrogen and oxygen atoms in total. The molecule has 0 aliphatic heterocycles. The molecule has 1 aromatic heterocycles. The summed E-state index contributed by atoms with van der Waals surface area (Å²) in [6, 6.07) is 0.200. The Balaban J connectivity index is 2.78. The first kappa shape index (κ1) is 13.7. The maximum absolute atomic E-state index is 5.75. The average molecular weight is 238 g/mol. The third-order valence-electron chi connectivity index (χ3n) is 2.57. The van der Waals surface area contributed by atoms with Crippen molar-refractivity contribution in [2.45, 2.75) is 33.2 Å². The molecular formula is C12H22N4O. The summed E-state index contributed by atoms with van der Waals surface area (Å²) in [4.78, 5) is 10.5. The van der Waals surface area contributed by atoms with Crippen LogP contribution in [0.4, 0.5) is 5.82 Å². The summed E-state index contributed by atoms with van der Waals surface area (Å²) in [5, 5.41) is 0. The molecule has 0 saturated carbocycles. The minimum atomic E-state index is 0.200. The van der Waals surface area contributed by atoms with Crippen LogP contribution in [0, 0.1) is 6.92 Å². The second kappa shape index (κ2) is 6.39. The number of nitrogens with zero attached hydrogens (tertiary/aromatic N) is 3. The van der Waals surface area contributed by atoms with Gasteiger partial charge >= 0.3 is 0 Å². The van der Waals surface area contributed by atoms with Crippen molar-refractivity contribution in [1.82, 2.24) is 9.97 Å². The minimum absolute atomic E-state index is 0.200. The van der Waals surface area contributed by atoms with Gasteiger partial charge in [-0.05, 0) is 27.2 Å². The first-order chi connectivity index (χ1) is 8.06. The molecule has 0 aromatic carbocycles. The van der Waals surface area contributed by atoms with E-state index in [0.29, 0.717) is 12.5 Å². The van der Waals surface area contributed by atoms with Gasteiger partial charge in [-0.2, -0.15) is 0 Å². The largest absolute Gasteiger partial charge is 0.478 e. The highest BCUT2D eigenvalue weighted by Gasteiger charge is 2.11. The van der Waals surface area contributed by atoms with Gasteiger partial charge in [0.05, 0.1) is 12.2 Å². The Morgan fingerprint density at radius 1 is 1.47 bits per heavy atom. The quantitative estimate of drug-likeness (QED) is 0.810. The SMILES string of the molecule is CCOc1ncnc(N(C)CCC(C)N)c1C. The van der Waals surface area contributed by atoms with Crippen LogP contribution in [-0.2, 0) is 0 Å². The minimum Gasteiger partial charge on any atom is -0.478 e. The lowest BCUT2D eigenvalue weighted by atomic mass is 10.2. The predicted molar refractivity (Wildman–Crippen MR) is 69.5 cm³/mol. The van der Waals surface area contributed by atoms with Crippen LogP contribution in [0.15, 0.2) is 6.33 Å². The van der Waals surface area contributed by atoms with E-state index >= 15 is 0 Å². The number of hydrogen-bond donors (Lipinski definition) is 1. The first-order valence-electron chi connectivity index (χ1n) is 5.97. The number of ether oxygens (including phenoxy) is 1. The summed E-state index contributed by atoms with van der Waals surface area (Å²) in [6.07, 6.45) is 2.47. The molecule has 0 bridgehead atoms. The molecule has 1 rings (SSSR count). The topological polar surface area (TPSA) is 64.3 Å². The van der Waals surface area contributed by atoms with Gasteiger partial charge in [0, 0.05) is 19.6 Å². The van der Waals surface area contributed by atoms with Crippen LogP contribution in [0.5, 0.6) is 5.88 Å². The lowest BCUT2D eigenvalue weighted by Crippen LogP contribution is -2.27. The molecule has 0 radical (unpaired) electrons. The van der Waals surface area contributed by atoms with Gasteiger partial charge in [0.25, 0.3) is 0 Å². The van der Waals surface area contributed by atoms with Gasteiger partial charge in [-0.1, -0.05) is 0 Å². The van der Waals surface area contributed by atoms with Crippen molar-refractivity contribution in [1.29, 1.82) is 0 Å². The smallest absolute Gasteiger partial charge is 0.221 e. The number of rotatable bonds is 6. The zero-order valence-electron chi connectivity index (χ0n) is 11.1. The van der Waals surface area contributed by atoms with Crippen LogP contribution < -0.4 is 15.4 Å². The van der Waals surface area contributed by atoms with Gasteiger partial charge in [0.1, 0.15) is 12.1 Å². The second-order valence-electron chi connectivity index (χ2n) is 4.25. The third kappa shape index (κ3) is 3.85. The lowest BCUT2D eigenvalue weighted by molar-refractivity contribution is 0.323. The zero-order chi connectivity index (χ0) is 12.8. The van der Waals surface area contributed by atoms with E-state index in [9.17, 15) is 0 Å². The highest BCUT2D eigenvalue weighted by Crippen LogP contribution is 2.23. The Bertz CT molecular complexity index is 354. The molecule has 96 valence electrons. The molecule has 1 aromatic rings. The number of nitrogens with two attached hydrogens (primary N) is 1. The van der Waals surface area contributed by atoms with E-state index < -0.39 is 0 Å². The second-order valence-corrected chi connectivity index (χ2v) is 4.25. The van der Waals surface area contributed by atoms with E-state index in [2.05, 4.69) is 14.9 Å². The molecule has 0 aliphatic rings. The van der Waals surface area contributed by atoms with E-state index in [1.807, 2.05) is 27.8 Å². The highest BCUT2D eigenvalue weighted by atomic mass is 16.5. The molecule has 1 unspecified atom stereocenters. The van der Waals surface area contributed by atoms with Gasteiger partial charge in [0.15, 0.2) is 0 Å². The van der Waals surface area contributed by atoms with Crippen molar-refractivity contribution in [3.05, 3.63) is 11.9 Å². The van der Waals surface area contributed by atoms with Crippen LogP contribution in [0.3, 0.4) is 0 Å². The normalized spacial score (nSPS) is 12.3. The standard InChI is InChI=1S/C12H22N4O/c1-5-17-12-10(3)11(14-8-15-12)16(4)7-6-9(2)13/h8-9H,5-7,13H2,1-4H3. The molecule has 5 heteroatoms. The molecule has 2 N–H and O–H groups in total. The monoisotopic (exact) mass is 238 g/mol. The Morgan fingerprint density at radius 2 is 2.18 bits per heavy atom. The predicted octanol–water partition coefficient (Wildman–Crippen LogP) is 1.36. The molecule has 0 spiro atoms. The van der Waals surface area contributed by atoms with Gasteiger partial charge in [-0.25, -0.2) is 9.97 Å². The van der Waals surface area contributed by atoms with Crippen molar-refractivity contribution in [3.8, 4) is 5.88 Å². The van der Waals surface area contributed by atoms with Crippen molar-refractivity contribution in [2.24, 2.45) is 5.73 Å². The molecule has 0 fully saturated rings. The van der Waals surface area contributed by atoms with Crippen molar-refractivity contribution in [3.63, 3.8) is 0 Å². The molecule has 1 heterocycles. The molecule has 1 atom stereocenters. The summed E-state index contributed by atoms with van der Waals surface area (Å²) in [6.45, 7) is 7.41. The fourth-order valence-corrected chi connectivity index (χ4v) is 1.60. The molecule has 17 heavy (non-hydrogen) atoms. The number of hydrogen-bond acceptors (Lipinski definition) is 5. The number of anilines is 1. The third-order valence-corrected chi connectivity index (χ3v) is 2.57. The van der Waals surface area contributed by atoms with Crippen LogP contribution in [0.25, 0.3) is 0 Å². The Kier molecular flexibility index (Phi) is 5.15. The maximum atomic E-state index is 5.75. The van der Waals surface area contributed by atoms with Gasteiger partial charge in [-0.15, -0.1) is 0 Å². The Morgan fingerprint density at radius 3 is 2.76 bits per heavy atom. The van der Waals surface area contributed by atoms with Crippen molar-refractivity contribution >= 4 is 5.82 Å². The van der Waals surface area contributed by atoms with Crippen LogP contribution in [-0.4, -0.2) is 36.2 Å². The maximum Gasteiger partial charge on any atom is 0.221 e. The average Bonchev–Trinajstić information content (AvgIpc) is 2.29. The highest BCUT2D eigenvalue weighted by molar-refractivity contribution is 5.49. The fourth-order valence-electron chi connectivity index (χ4n) is 1.60. The lowest BCUT2D eigenvalue weighted by Gasteiger charge is -2.21. The summed E-state index contributed by atoms with van der Waals surface area (Å²) in [5.74, 6) is 1.56. The van der Waals surface area contributed by atoms with Crippen molar-refractivity contribution < 1.29 is 4.74 Å². The van der Waals surface area contributed by atoms with E-state index in [-0.39, 0.29) is 6.04 Å². The molecule has 0 saturated heterocycles. The summed E-state index contributed by atoms with van der Waals surface area (Å²) in [5.41, 5.74) is 6.72. The molecule has 0 amide bonds. The van der Waals surface area contributed by atoms with E-state index in [0.717, 1.165) is 24.3 Å². The van der Waals surface area contributed by atoms with E-state index in [4.69, 9.17) is 10.5 Å². The van der Waals surface area contributed by atoms with E-state index in [1.54, 1.807) is 0 Å². The van der Waals surface area contributed by atoms with E-state index in [1.165, 1.54) is 6.33 Å². The van der Waals surface area contributed by atoms with Crippen LogP contribution in [0.1, 0.15) is 25.8 Å². The fraction of sp³-hybridized carbons (Fsp3) is 0.667. The molecular weight excluding hydrogens is 216 g/mol. The molecule has 0 aliphatic carbocycles. The zero-order valence-corrected chi connectivity index (χ0v) is 11.1.